The third-order valence-corrected chi connectivity index (χ3v) is 4.58. The van der Waals surface area contributed by atoms with Gasteiger partial charge >= 0.3 is 0 Å². The summed E-state index contributed by atoms with van der Waals surface area (Å²) in [6.07, 6.45) is 3.00. The summed E-state index contributed by atoms with van der Waals surface area (Å²) in [5.74, 6) is 0.630. The first kappa shape index (κ1) is 17.1. The van der Waals surface area contributed by atoms with E-state index in [0.29, 0.717) is 21.5 Å². The van der Waals surface area contributed by atoms with Crippen molar-refractivity contribution in [1.82, 2.24) is 14.9 Å². The van der Waals surface area contributed by atoms with Crippen LogP contribution in [0.3, 0.4) is 0 Å². The molecule has 0 aliphatic heterocycles. The van der Waals surface area contributed by atoms with Gasteiger partial charge in [0.15, 0.2) is 0 Å². The Hall–Kier alpha value is -2.71. The van der Waals surface area contributed by atoms with Crippen LogP contribution in [0.25, 0.3) is 0 Å². The average Bonchev–Trinajstić information content (AvgIpc) is 3.07. The van der Waals surface area contributed by atoms with Crippen molar-refractivity contribution in [2.75, 3.05) is 0 Å². The maximum Gasteiger partial charge on any atom is 0.270 e. The van der Waals surface area contributed by atoms with Crippen LogP contribution in [0.5, 0.6) is 0 Å². The summed E-state index contributed by atoms with van der Waals surface area (Å²) in [5, 5.41) is 24.2. The van der Waals surface area contributed by atoms with Gasteiger partial charge in [-0.25, -0.2) is 0 Å². The van der Waals surface area contributed by atoms with E-state index >= 15 is 0 Å². The van der Waals surface area contributed by atoms with Gasteiger partial charge in [-0.15, -0.1) is 10.2 Å². The molecule has 126 valence electrons. The minimum atomic E-state index is -0.443. The third kappa shape index (κ3) is 4.43. The van der Waals surface area contributed by atoms with Gasteiger partial charge in [-0.05, 0) is 11.6 Å². The summed E-state index contributed by atoms with van der Waals surface area (Å²) in [5.41, 5.74) is 1.62. The average molecular weight is 374 g/mol. The molecule has 0 unspecified atom stereocenters. The van der Waals surface area contributed by atoms with Crippen LogP contribution < -0.4 is 0 Å². The molecule has 7 nitrogen and oxygen atoms in total. The molecule has 0 aliphatic rings. The Morgan fingerprint density at radius 3 is 2.92 bits per heavy atom. The number of benzene rings is 2. The molecule has 1 aromatic heterocycles. The Labute approximate surface area is 152 Å². The molecule has 0 spiro atoms. The fraction of sp³-hybridized carbons (Fsp3) is 0.0625. The van der Waals surface area contributed by atoms with Crippen LogP contribution >= 0.6 is 23.4 Å². The number of nitro benzene ring substituents is 1. The molecule has 0 saturated heterocycles. The topological polar surface area (TPSA) is 86.2 Å². The second-order valence-electron chi connectivity index (χ2n) is 4.93. The zero-order valence-electron chi connectivity index (χ0n) is 12.8. The quantitative estimate of drug-likeness (QED) is 0.282. The predicted octanol–water partition coefficient (Wildman–Crippen LogP) is 4.01. The first-order valence-corrected chi connectivity index (χ1v) is 8.55. The highest BCUT2D eigenvalue weighted by Crippen LogP contribution is 2.25. The van der Waals surface area contributed by atoms with Gasteiger partial charge in [0.1, 0.15) is 6.33 Å². The maximum absolute atomic E-state index is 10.8. The van der Waals surface area contributed by atoms with E-state index < -0.39 is 4.92 Å². The third-order valence-electron chi connectivity index (χ3n) is 3.23. The lowest BCUT2D eigenvalue weighted by Gasteiger charge is -2.03. The molecule has 0 amide bonds. The van der Waals surface area contributed by atoms with E-state index in [1.54, 1.807) is 12.1 Å². The highest BCUT2D eigenvalue weighted by atomic mass is 35.5. The van der Waals surface area contributed by atoms with Crippen LogP contribution in [-0.2, 0) is 5.75 Å². The van der Waals surface area contributed by atoms with Crippen LogP contribution in [0.15, 0.2) is 65.1 Å². The van der Waals surface area contributed by atoms with Crippen LogP contribution in [0.1, 0.15) is 11.1 Å². The van der Waals surface area contributed by atoms with Crippen molar-refractivity contribution < 1.29 is 4.92 Å². The molecule has 0 N–H and O–H groups in total. The number of halogens is 1. The Bertz CT molecular complexity index is 928. The van der Waals surface area contributed by atoms with Gasteiger partial charge in [-0.2, -0.15) is 9.78 Å². The normalized spacial score (nSPS) is 11.1. The van der Waals surface area contributed by atoms with Crippen molar-refractivity contribution in [3.05, 3.63) is 81.1 Å². The van der Waals surface area contributed by atoms with Crippen LogP contribution in [0, 0.1) is 10.1 Å². The minimum Gasteiger partial charge on any atom is -0.258 e. The predicted molar refractivity (Wildman–Crippen MR) is 97.1 cm³/mol. The molecule has 0 saturated carbocycles. The van der Waals surface area contributed by atoms with E-state index in [4.69, 9.17) is 11.6 Å². The number of nitrogens with zero attached hydrogens (tertiary/aromatic N) is 5. The smallest absolute Gasteiger partial charge is 0.258 e. The zero-order chi connectivity index (χ0) is 17.6. The monoisotopic (exact) mass is 373 g/mol. The summed E-state index contributed by atoms with van der Waals surface area (Å²) in [7, 11) is 0. The van der Waals surface area contributed by atoms with Crippen LogP contribution in [0.4, 0.5) is 5.69 Å². The van der Waals surface area contributed by atoms with Gasteiger partial charge in [0.2, 0.25) is 5.16 Å². The number of nitro groups is 1. The second-order valence-corrected chi connectivity index (χ2v) is 6.28. The van der Waals surface area contributed by atoms with E-state index in [9.17, 15) is 10.1 Å². The molecular weight excluding hydrogens is 362 g/mol. The molecule has 0 atom stereocenters. The number of thioether (sulfide) groups is 1. The van der Waals surface area contributed by atoms with E-state index in [1.807, 2.05) is 24.3 Å². The molecule has 3 aromatic rings. The number of rotatable bonds is 6. The molecule has 0 radical (unpaired) electrons. The van der Waals surface area contributed by atoms with Crippen molar-refractivity contribution in [2.24, 2.45) is 5.10 Å². The largest absolute Gasteiger partial charge is 0.270 e. The van der Waals surface area contributed by atoms with Crippen molar-refractivity contribution in [3.63, 3.8) is 0 Å². The molecular formula is C16H12ClN5O2S. The second kappa shape index (κ2) is 7.91. The van der Waals surface area contributed by atoms with Crippen LogP contribution in [0.2, 0.25) is 5.02 Å². The molecule has 1 heterocycles. The van der Waals surface area contributed by atoms with E-state index in [2.05, 4.69) is 15.3 Å². The van der Waals surface area contributed by atoms with Crippen molar-refractivity contribution >= 4 is 35.3 Å². The van der Waals surface area contributed by atoms with Gasteiger partial charge in [0.05, 0.1) is 11.1 Å². The summed E-state index contributed by atoms with van der Waals surface area (Å²) < 4.78 is 1.51. The molecule has 0 fully saturated rings. The number of aromatic nitrogens is 3. The van der Waals surface area contributed by atoms with E-state index in [1.165, 1.54) is 41.1 Å². The Morgan fingerprint density at radius 2 is 2.12 bits per heavy atom. The number of hydrogen-bond donors (Lipinski definition) is 0. The van der Waals surface area contributed by atoms with Gasteiger partial charge in [-0.1, -0.05) is 53.7 Å². The first-order chi connectivity index (χ1) is 12.1. The molecule has 0 aliphatic carbocycles. The summed E-state index contributed by atoms with van der Waals surface area (Å²) >= 11 is 7.59. The summed E-state index contributed by atoms with van der Waals surface area (Å²) in [6.45, 7) is 0. The fourth-order valence-corrected chi connectivity index (χ4v) is 3.15. The molecule has 9 heteroatoms. The number of non-ortho nitro benzene ring substituents is 1. The zero-order valence-corrected chi connectivity index (χ0v) is 14.4. The van der Waals surface area contributed by atoms with Gasteiger partial charge in [-0.3, -0.25) is 10.1 Å². The molecule has 2 aromatic carbocycles. The lowest BCUT2D eigenvalue weighted by molar-refractivity contribution is -0.384. The Kier molecular flexibility index (Phi) is 5.42. The van der Waals surface area contributed by atoms with Gasteiger partial charge in [0, 0.05) is 28.5 Å². The Morgan fingerprint density at radius 1 is 1.28 bits per heavy atom. The molecule has 25 heavy (non-hydrogen) atoms. The van der Waals surface area contributed by atoms with Crippen molar-refractivity contribution in [3.8, 4) is 0 Å². The highest BCUT2D eigenvalue weighted by Gasteiger charge is 2.07. The van der Waals surface area contributed by atoms with Crippen molar-refractivity contribution in [1.29, 1.82) is 0 Å². The minimum absolute atomic E-state index is 0.0148. The van der Waals surface area contributed by atoms with E-state index in [0.717, 1.165) is 5.56 Å². The number of hydrogen-bond acceptors (Lipinski definition) is 6. The SMILES string of the molecule is O=[N+]([O-])c1cccc(/C=N/n2cnnc2SCc2ccccc2Cl)c1. The maximum atomic E-state index is 10.8. The van der Waals surface area contributed by atoms with Crippen molar-refractivity contribution in [2.45, 2.75) is 10.9 Å². The fourth-order valence-electron chi connectivity index (χ4n) is 2.00. The Balaban J connectivity index is 1.72. The standard InChI is InChI=1S/C16H12ClN5O2S/c17-15-7-2-1-5-13(15)10-25-16-20-18-11-21(16)19-9-12-4-3-6-14(8-12)22(23)24/h1-9,11H,10H2/b19-9+. The summed E-state index contributed by atoms with van der Waals surface area (Å²) in [6, 6.07) is 13.8. The van der Waals surface area contributed by atoms with E-state index in [-0.39, 0.29) is 5.69 Å². The molecule has 3 rings (SSSR count). The van der Waals surface area contributed by atoms with Gasteiger partial charge < -0.3 is 0 Å². The first-order valence-electron chi connectivity index (χ1n) is 7.18. The lowest BCUT2D eigenvalue weighted by atomic mass is 10.2. The summed E-state index contributed by atoms with van der Waals surface area (Å²) in [4.78, 5) is 10.4. The lowest BCUT2D eigenvalue weighted by Crippen LogP contribution is -1.94. The van der Waals surface area contributed by atoms with Gasteiger partial charge in [0.25, 0.3) is 5.69 Å². The van der Waals surface area contributed by atoms with Crippen LogP contribution in [-0.4, -0.2) is 26.0 Å². The molecule has 0 bridgehead atoms. The highest BCUT2D eigenvalue weighted by molar-refractivity contribution is 7.98.